The van der Waals surface area contributed by atoms with E-state index in [1.807, 2.05) is 37.3 Å². The fourth-order valence-electron chi connectivity index (χ4n) is 1.82. The molecule has 0 aliphatic rings. The third kappa shape index (κ3) is 3.91. The lowest BCUT2D eigenvalue weighted by Gasteiger charge is -2.23. The molecule has 2 rings (SSSR count). The standard InChI is InChI=1S/C15H20N2O2/c1-3-16-10-15(2,18)11-19-13-7-6-12-5-4-8-17-14(12)9-13/h4-9,16,18H,3,10-11H2,1-2H3. The molecule has 0 aliphatic heterocycles. The van der Waals surface area contributed by atoms with E-state index >= 15 is 0 Å². The summed E-state index contributed by atoms with van der Waals surface area (Å²) in [5, 5.41) is 14.3. The fraction of sp³-hybridized carbons (Fsp3) is 0.400. The first-order chi connectivity index (χ1) is 9.11. The van der Waals surface area contributed by atoms with E-state index < -0.39 is 5.60 Å². The fourth-order valence-corrected chi connectivity index (χ4v) is 1.82. The zero-order valence-electron chi connectivity index (χ0n) is 11.4. The molecule has 19 heavy (non-hydrogen) atoms. The van der Waals surface area contributed by atoms with Crippen LogP contribution >= 0.6 is 0 Å². The Hall–Kier alpha value is -1.65. The van der Waals surface area contributed by atoms with E-state index in [0.29, 0.717) is 6.54 Å². The summed E-state index contributed by atoms with van der Waals surface area (Å²) in [6.07, 6.45) is 1.76. The maximum Gasteiger partial charge on any atom is 0.121 e. The number of aromatic nitrogens is 1. The lowest BCUT2D eigenvalue weighted by atomic mass is 10.1. The van der Waals surface area contributed by atoms with Crippen molar-refractivity contribution in [3.63, 3.8) is 0 Å². The Morgan fingerprint density at radius 2 is 2.21 bits per heavy atom. The van der Waals surface area contributed by atoms with E-state index in [9.17, 15) is 5.11 Å². The first kappa shape index (κ1) is 13.8. The Morgan fingerprint density at radius 3 is 3.00 bits per heavy atom. The van der Waals surface area contributed by atoms with E-state index in [1.54, 1.807) is 13.1 Å². The number of likely N-dealkylation sites (N-methyl/N-ethyl adjacent to an activating group) is 1. The van der Waals surface area contributed by atoms with Gasteiger partial charge in [0.25, 0.3) is 0 Å². The van der Waals surface area contributed by atoms with Crippen LogP contribution in [0.25, 0.3) is 10.9 Å². The number of hydrogen-bond acceptors (Lipinski definition) is 4. The van der Waals surface area contributed by atoms with Crippen LogP contribution in [-0.2, 0) is 0 Å². The summed E-state index contributed by atoms with van der Waals surface area (Å²) in [6, 6.07) is 9.67. The molecule has 1 aromatic heterocycles. The Bertz CT molecular complexity index is 540. The van der Waals surface area contributed by atoms with Crippen LogP contribution in [0.3, 0.4) is 0 Å². The maximum absolute atomic E-state index is 10.1. The van der Waals surface area contributed by atoms with Crippen LogP contribution in [0, 0.1) is 0 Å². The average molecular weight is 260 g/mol. The van der Waals surface area contributed by atoms with Gasteiger partial charge in [-0.15, -0.1) is 0 Å². The molecule has 2 N–H and O–H groups in total. The molecule has 1 heterocycles. The molecule has 0 saturated heterocycles. The van der Waals surface area contributed by atoms with Crippen LogP contribution in [-0.4, -0.2) is 35.4 Å². The second-order valence-corrected chi connectivity index (χ2v) is 4.92. The van der Waals surface area contributed by atoms with Crippen molar-refractivity contribution >= 4 is 10.9 Å². The Morgan fingerprint density at radius 1 is 1.37 bits per heavy atom. The average Bonchev–Trinajstić information content (AvgIpc) is 2.43. The van der Waals surface area contributed by atoms with Crippen LogP contribution in [0.2, 0.25) is 0 Å². The maximum atomic E-state index is 10.1. The van der Waals surface area contributed by atoms with Crippen LogP contribution in [0.15, 0.2) is 36.5 Å². The quantitative estimate of drug-likeness (QED) is 0.834. The smallest absolute Gasteiger partial charge is 0.121 e. The predicted molar refractivity (Wildman–Crippen MR) is 76.4 cm³/mol. The van der Waals surface area contributed by atoms with Gasteiger partial charge in [-0.05, 0) is 31.7 Å². The van der Waals surface area contributed by atoms with Gasteiger partial charge in [0.05, 0.1) is 5.52 Å². The van der Waals surface area contributed by atoms with Gasteiger partial charge in [0.1, 0.15) is 18.0 Å². The number of benzene rings is 1. The molecule has 102 valence electrons. The lowest BCUT2D eigenvalue weighted by molar-refractivity contribution is 0.0128. The Labute approximate surface area is 113 Å². The summed E-state index contributed by atoms with van der Waals surface area (Å²) >= 11 is 0. The predicted octanol–water partition coefficient (Wildman–Crippen LogP) is 1.97. The lowest BCUT2D eigenvalue weighted by Crippen LogP contribution is -2.42. The number of fused-ring (bicyclic) bond motifs is 1. The third-order valence-corrected chi connectivity index (χ3v) is 2.88. The Balaban J connectivity index is 2.01. The third-order valence-electron chi connectivity index (χ3n) is 2.88. The molecular formula is C15H20N2O2. The molecule has 0 fully saturated rings. The largest absolute Gasteiger partial charge is 0.490 e. The molecule has 0 bridgehead atoms. The molecule has 1 atom stereocenters. The van der Waals surface area contributed by atoms with E-state index in [-0.39, 0.29) is 6.61 Å². The van der Waals surface area contributed by atoms with Gasteiger partial charge in [0, 0.05) is 24.2 Å². The summed E-state index contributed by atoms with van der Waals surface area (Å²) in [6.45, 7) is 5.35. The van der Waals surface area contributed by atoms with Gasteiger partial charge in [0.2, 0.25) is 0 Å². The minimum Gasteiger partial charge on any atom is -0.490 e. The van der Waals surface area contributed by atoms with Crippen molar-refractivity contribution in [1.82, 2.24) is 10.3 Å². The van der Waals surface area contributed by atoms with Gasteiger partial charge < -0.3 is 15.2 Å². The zero-order valence-corrected chi connectivity index (χ0v) is 11.4. The first-order valence-electron chi connectivity index (χ1n) is 6.51. The second kappa shape index (κ2) is 5.99. The molecule has 4 nitrogen and oxygen atoms in total. The van der Waals surface area contributed by atoms with Crippen molar-refractivity contribution in [2.45, 2.75) is 19.4 Å². The van der Waals surface area contributed by atoms with Gasteiger partial charge >= 0.3 is 0 Å². The van der Waals surface area contributed by atoms with Crippen molar-refractivity contribution < 1.29 is 9.84 Å². The van der Waals surface area contributed by atoms with Gasteiger partial charge in [-0.1, -0.05) is 13.0 Å². The molecule has 0 saturated carbocycles. The number of hydrogen-bond donors (Lipinski definition) is 2. The van der Waals surface area contributed by atoms with Crippen molar-refractivity contribution in [2.24, 2.45) is 0 Å². The number of rotatable bonds is 6. The topological polar surface area (TPSA) is 54.4 Å². The monoisotopic (exact) mass is 260 g/mol. The number of ether oxygens (including phenoxy) is 1. The van der Waals surface area contributed by atoms with Gasteiger partial charge in [-0.2, -0.15) is 0 Å². The minimum absolute atomic E-state index is 0.248. The highest BCUT2D eigenvalue weighted by atomic mass is 16.5. The van der Waals surface area contributed by atoms with Gasteiger partial charge in [0.15, 0.2) is 0 Å². The summed E-state index contributed by atoms with van der Waals surface area (Å²) in [5.74, 6) is 0.725. The molecular weight excluding hydrogens is 240 g/mol. The summed E-state index contributed by atoms with van der Waals surface area (Å²) in [5.41, 5.74) is 0.0149. The van der Waals surface area contributed by atoms with Crippen molar-refractivity contribution in [3.8, 4) is 5.75 Å². The number of aliphatic hydroxyl groups is 1. The molecule has 1 aromatic carbocycles. The van der Waals surface area contributed by atoms with Gasteiger partial charge in [-0.3, -0.25) is 4.98 Å². The molecule has 1 unspecified atom stereocenters. The molecule has 2 aromatic rings. The summed E-state index contributed by atoms with van der Waals surface area (Å²) < 4.78 is 5.65. The summed E-state index contributed by atoms with van der Waals surface area (Å²) in [7, 11) is 0. The Kier molecular flexibility index (Phi) is 4.35. The molecule has 0 amide bonds. The number of pyridine rings is 1. The summed E-state index contributed by atoms with van der Waals surface area (Å²) in [4.78, 5) is 4.28. The van der Waals surface area contributed by atoms with Crippen molar-refractivity contribution in [2.75, 3.05) is 19.7 Å². The number of nitrogens with zero attached hydrogens (tertiary/aromatic N) is 1. The SMILES string of the molecule is CCNCC(C)(O)COc1ccc2cccnc2c1. The molecule has 0 spiro atoms. The van der Waals surface area contributed by atoms with Gasteiger partial charge in [-0.25, -0.2) is 0 Å². The van der Waals surface area contributed by atoms with Crippen LogP contribution in [0.5, 0.6) is 5.75 Å². The first-order valence-corrected chi connectivity index (χ1v) is 6.51. The van der Waals surface area contributed by atoms with Crippen molar-refractivity contribution in [3.05, 3.63) is 36.5 Å². The second-order valence-electron chi connectivity index (χ2n) is 4.92. The number of nitrogens with one attached hydrogen (secondary N) is 1. The molecule has 4 heteroatoms. The molecule has 0 aliphatic carbocycles. The zero-order chi connectivity index (χ0) is 13.7. The minimum atomic E-state index is -0.880. The van der Waals surface area contributed by atoms with E-state index in [2.05, 4.69) is 10.3 Å². The normalized spacial score (nSPS) is 14.3. The van der Waals surface area contributed by atoms with Crippen LogP contribution in [0.4, 0.5) is 0 Å². The highest BCUT2D eigenvalue weighted by molar-refractivity contribution is 5.79. The van der Waals surface area contributed by atoms with E-state index in [4.69, 9.17) is 4.74 Å². The molecule has 0 radical (unpaired) electrons. The van der Waals surface area contributed by atoms with E-state index in [0.717, 1.165) is 23.2 Å². The van der Waals surface area contributed by atoms with Crippen molar-refractivity contribution in [1.29, 1.82) is 0 Å². The highest BCUT2D eigenvalue weighted by Gasteiger charge is 2.20. The van der Waals surface area contributed by atoms with E-state index in [1.165, 1.54) is 0 Å². The van der Waals surface area contributed by atoms with Crippen LogP contribution < -0.4 is 10.1 Å². The highest BCUT2D eigenvalue weighted by Crippen LogP contribution is 2.19. The van der Waals surface area contributed by atoms with Crippen LogP contribution in [0.1, 0.15) is 13.8 Å².